The number of carbonyl (C=O) groups is 2. The number of carboxylic acids is 1. The summed E-state index contributed by atoms with van der Waals surface area (Å²) in [4.78, 5) is 22.6. The minimum absolute atomic E-state index is 0.0460. The number of thiophene rings is 1. The van der Waals surface area contributed by atoms with Gasteiger partial charge in [-0.25, -0.2) is 17.9 Å². The topological polar surface area (TPSA) is 110 Å². The Balaban J connectivity index is 2.17. The third-order valence-electron chi connectivity index (χ3n) is 3.13. The largest absolute Gasteiger partial charge is 0.481 e. The summed E-state index contributed by atoms with van der Waals surface area (Å²) in [5.41, 5.74) is 0. The Morgan fingerprint density at radius 1 is 1.29 bits per heavy atom. The van der Waals surface area contributed by atoms with E-state index >= 15 is 0 Å². The number of hydrogen-bond donors (Lipinski definition) is 2. The van der Waals surface area contributed by atoms with Crippen molar-refractivity contribution in [3.63, 3.8) is 0 Å². The van der Waals surface area contributed by atoms with Gasteiger partial charge in [0.2, 0.25) is 10.0 Å². The molecule has 0 bridgehead atoms. The molecule has 1 aromatic heterocycles. The van der Waals surface area contributed by atoms with Gasteiger partial charge in [0, 0.05) is 17.7 Å². The highest BCUT2D eigenvalue weighted by Crippen LogP contribution is 2.28. The number of fused-ring (bicyclic) bond motifs is 1. The lowest BCUT2D eigenvalue weighted by molar-refractivity contribution is -0.137. The fourth-order valence-corrected chi connectivity index (χ4v) is 4.07. The maximum absolute atomic E-state index is 12.2. The molecule has 0 amide bonds. The van der Waals surface area contributed by atoms with Gasteiger partial charge in [-0.05, 0) is 43.0 Å². The van der Waals surface area contributed by atoms with Crippen LogP contribution < -0.4 is 4.72 Å². The highest BCUT2D eigenvalue weighted by molar-refractivity contribution is 7.89. The van der Waals surface area contributed by atoms with Gasteiger partial charge in [0.15, 0.2) is 0 Å². The van der Waals surface area contributed by atoms with Crippen LogP contribution in [0, 0.1) is 0 Å². The summed E-state index contributed by atoms with van der Waals surface area (Å²) in [6, 6.07) is 6.16. The van der Waals surface area contributed by atoms with Crippen LogP contribution in [0.3, 0.4) is 0 Å². The molecule has 0 unspecified atom stereocenters. The van der Waals surface area contributed by atoms with Crippen molar-refractivity contribution < 1.29 is 27.9 Å². The third kappa shape index (κ3) is 4.53. The summed E-state index contributed by atoms with van der Waals surface area (Å²) in [6.45, 7) is 2.03. The van der Waals surface area contributed by atoms with Gasteiger partial charge in [-0.2, -0.15) is 0 Å². The van der Waals surface area contributed by atoms with E-state index in [1.165, 1.54) is 23.5 Å². The molecule has 130 valence electrons. The highest BCUT2D eigenvalue weighted by atomic mass is 32.2. The minimum atomic E-state index is -3.73. The number of nitrogens with one attached hydrogen (secondary N) is 1. The zero-order valence-corrected chi connectivity index (χ0v) is 14.6. The first-order valence-electron chi connectivity index (χ1n) is 7.25. The molecule has 0 saturated carbocycles. The van der Waals surface area contributed by atoms with E-state index < -0.39 is 22.0 Å². The predicted molar refractivity (Wildman–Crippen MR) is 89.8 cm³/mol. The molecule has 2 aromatic rings. The van der Waals surface area contributed by atoms with Crippen LogP contribution in [0.15, 0.2) is 29.2 Å². The fraction of sp³-hybridized carbons (Fsp3) is 0.333. The van der Waals surface area contributed by atoms with Crippen molar-refractivity contribution in [2.24, 2.45) is 0 Å². The van der Waals surface area contributed by atoms with E-state index in [0.717, 1.165) is 4.70 Å². The SMILES string of the molecule is CCOC(=O)c1cc2cc(S(=O)(=O)NCCCC(=O)O)ccc2s1. The zero-order valence-electron chi connectivity index (χ0n) is 12.9. The second kappa shape index (κ2) is 7.73. The first kappa shape index (κ1) is 18.4. The molecule has 7 nitrogen and oxygen atoms in total. The van der Waals surface area contributed by atoms with E-state index in [2.05, 4.69) is 4.72 Å². The van der Waals surface area contributed by atoms with E-state index in [1.54, 1.807) is 19.1 Å². The number of ether oxygens (including phenoxy) is 1. The Morgan fingerprint density at radius 3 is 2.71 bits per heavy atom. The highest BCUT2D eigenvalue weighted by Gasteiger charge is 2.16. The van der Waals surface area contributed by atoms with Gasteiger partial charge in [-0.1, -0.05) is 0 Å². The number of rotatable bonds is 8. The molecule has 1 aromatic carbocycles. The average Bonchev–Trinajstić information content (AvgIpc) is 2.95. The normalized spacial score (nSPS) is 11.5. The lowest BCUT2D eigenvalue weighted by atomic mass is 10.2. The van der Waals surface area contributed by atoms with Crippen LogP contribution in [-0.4, -0.2) is 38.6 Å². The van der Waals surface area contributed by atoms with Crippen LogP contribution >= 0.6 is 11.3 Å². The van der Waals surface area contributed by atoms with Gasteiger partial charge < -0.3 is 9.84 Å². The molecular formula is C15H17NO6S2. The molecule has 0 aliphatic carbocycles. The van der Waals surface area contributed by atoms with Gasteiger partial charge in [-0.3, -0.25) is 4.79 Å². The number of aliphatic carboxylic acids is 1. The molecule has 1 heterocycles. The van der Waals surface area contributed by atoms with E-state index in [0.29, 0.717) is 10.3 Å². The van der Waals surface area contributed by atoms with E-state index in [1.807, 2.05) is 0 Å². The molecule has 0 aliphatic heterocycles. The van der Waals surface area contributed by atoms with E-state index in [-0.39, 0.29) is 30.9 Å². The first-order chi connectivity index (χ1) is 11.3. The van der Waals surface area contributed by atoms with Gasteiger partial charge in [0.1, 0.15) is 4.88 Å². The average molecular weight is 371 g/mol. The third-order valence-corrected chi connectivity index (χ3v) is 5.69. The van der Waals surface area contributed by atoms with Crippen molar-refractivity contribution in [1.29, 1.82) is 0 Å². The Kier molecular flexibility index (Phi) is 5.92. The smallest absolute Gasteiger partial charge is 0.348 e. The van der Waals surface area contributed by atoms with Gasteiger partial charge in [0.05, 0.1) is 11.5 Å². The quantitative estimate of drug-likeness (QED) is 0.544. The lowest BCUT2D eigenvalue weighted by Crippen LogP contribution is -2.25. The van der Waals surface area contributed by atoms with Crippen molar-refractivity contribution >= 4 is 43.4 Å². The van der Waals surface area contributed by atoms with Crippen LogP contribution in [0.25, 0.3) is 10.1 Å². The van der Waals surface area contributed by atoms with E-state index in [9.17, 15) is 18.0 Å². The number of carboxylic acid groups (broad SMARTS) is 1. The lowest BCUT2D eigenvalue weighted by Gasteiger charge is -2.06. The Morgan fingerprint density at radius 2 is 2.04 bits per heavy atom. The predicted octanol–water partition coefficient (Wildman–Crippen LogP) is 2.22. The Labute approximate surface area is 143 Å². The van der Waals surface area contributed by atoms with Crippen molar-refractivity contribution in [3.05, 3.63) is 29.1 Å². The molecular weight excluding hydrogens is 354 g/mol. The molecule has 0 saturated heterocycles. The van der Waals surface area contributed by atoms with Crippen LogP contribution in [0.2, 0.25) is 0 Å². The summed E-state index contributed by atoms with van der Waals surface area (Å²) in [5, 5.41) is 9.19. The number of carbonyl (C=O) groups excluding carboxylic acids is 1. The Hall–Kier alpha value is -1.97. The summed E-state index contributed by atoms with van der Waals surface area (Å²) in [7, 11) is -3.73. The molecule has 0 atom stereocenters. The zero-order chi connectivity index (χ0) is 17.7. The van der Waals surface area contributed by atoms with Crippen molar-refractivity contribution in [1.82, 2.24) is 4.72 Å². The van der Waals surface area contributed by atoms with Crippen LogP contribution in [0.1, 0.15) is 29.4 Å². The van der Waals surface area contributed by atoms with Crippen molar-refractivity contribution in [3.8, 4) is 0 Å². The molecule has 24 heavy (non-hydrogen) atoms. The second-order valence-electron chi connectivity index (χ2n) is 4.93. The summed E-state index contributed by atoms with van der Waals surface area (Å²) in [6.07, 6.45) is 0.108. The molecule has 0 fully saturated rings. The molecule has 0 spiro atoms. The molecule has 0 aliphatic rings. The monoisotopic (exact) mass is 371 g/mol. The number of benzene rings is 1. The second-order valence-corrected chi connectivity index (χ2v) is 7.78. The maximum atomic E-state index is 12.2. The van der Waals surface area contributed by atoms with Crippen LogP contribution in [-0.2, 0) is 19.6 Å². The number of esters is 1. The van der Waals surface area contributed by atoms with Gasteiger partial charge >= 0.3 is 11.9 Å². The van der Waals surface area contributed by atoms with Crippen molar-refractivity contribution in [2.75, 3.05) is 13.2 Å². The maximum Gasteiger partial charge on any atom is 0.348 e. The number of sulfonamides is 1. The summed E-state index contributed by atoms with van der Waals surface area (Å²) < 4.78 is 32.5. The van der Waals surface area contributed by atoms with Crippen molar-refractivity contribution in [2.45, 2.75) is 24.7 Å². The molecule has 2 rings (SSSR count). The molecule has 0 radical (unpaired) electrons. The van der Waals surface area contributed by atoms with Gasteiger partial charge in [0.25, 0.3) is 0 Å². The summed E-state index contributed by atoms with van der Waals surface area (Å²) in [5.74, 6) is -1.41. The van der Waals surface area contributed by atoms with E-state index in [4.69, 9.17) is 9.84 Å². The molecule has 2 N–H and O–H groups in total. The Bertz CT molecular complexity index is 856. The van der Waals surface area contributed by atoms with Crippen LogP contribution in [0.4, 0.5) is 0 Å². The molecule has 9 heteroatoms. The van der Waals surface area contributed by atoms with Gasteiger partial charge in [-0.15, -0.1) is 11.3 Å². The summed E-state index contributed by atoms with van der Waals surface area (Å²) >= 11 is 1.23. The van der Waals surface area contributed by atoms with Crippen LogP contribution in [0.5, 0.6) is 0 Å². The fourth-order valence-electron chi connectivity index (χ4n) is 2.02. The minimum Gasteiger partial charge on any atom is -0.481 e. The standard InChI is InChI=1S/C15H17NO6S2/c1-2-22-15(19)13-9-10-8-11(5-6-12(10)23-13)24(20,21)16-7-3-4-14(17)18/h5-6,8-9,16H,2-4,7H2,1H3,(H,17,18). The first-order valence-corrected chi connectivity index (χ1v) is 9.55. The number of hydrogen-bond acceptors (Lipinski definition) is 6.